The van der Waals surface area contributed by atoms with Crippen molar-refractivity contribution >= 4 is 11.6 Å². The molecular weight excluding hydrogens is 225 g/mol. The molecule has 0 radical (unpaired) electrons. The molecule has 0 N–H and O–H groups in total. The van der Waals surface area contributed by atoms with Gasteiger partial charge in [0.2, 0.25) is 0 Å². The number of aryl methyl sites for hydroxylation is 1. The summed E-state index contributed by atoms with van der Waals surface area (Å²) in [6, 6.07) is 16.1. The molecule has 0 aliphatic carbocycles. The zero-order chi connectivity index (χ0) is 13.0. The minimum atomic E-state index is -0.322. The summed E-state index contributed by atoms with van der Waals surface area (Å²) in [6.07, 6.45) is 1.57. The van der Waals surface area contributed by atoms with Crippen LogP contribution in [0.3, 0.4) is 0 Å². The Kier molecular flexibility index (Phi) is 3.54. The minimum absolute atomic E-state index is 0.322. The Morgan fingerprint density at radius 3 is 2.39 bits per heavy atom. The van der Waals surface area contributed by atoms with Crippen LogP contribution < -0.4 is 0 Å². The van der Waals surface area contributed by atoms with Crippen molar-refractivity contribution in [3.63, 3.8) is 0 Å². The lowest BCUT2D eigenvalue weighted by atomic mass is 10.0. The second kappa shape index (κ2) is 5.29. The molecule has 0 aliphatic heterocycles. The SMILES string of the molecule is Cc1ccc(/C(C#N)=C\c2ccccc2F)cc1. The van der Waals surface area contributed by atoms with Gasteiger partial charge in [0, 0.05) is 5.56 Å². The molecule has 0 bridgehead atoms. The molecule has 2 rings (SSSR count). The average molecular weight is 237 g/mol. The maximum atomic E-state index is 13.5. The zero-order valence-electron chi connectivity index (χ0n) is 10.0. The number of halogens is 1. The molecule has 18 heavy (non-hydrogen) atoms. The molecule has 88 valence electrons. The van der Waals surface area contributed by atoms with Gasteiger partial charge in [0.25, 0.3) is 0 Å². The summed E-state index contributed by atoms with van der Waals surface area (Å²) in [4.78, 5) is 0. The summed E-state index contributed by atoms with van der Waals surface area (Å²) >= 11 is 0. The van der Waals surface area contributed by atoms with E-state index in [1.54, 1.807) is 24.3 Å². The van der Waals surface area contributed by atoms with E-state index in [9.17, 15) is 4.39 Å². The summed E-state index contributed by atoms with van der Waals surface area (Å²) in [5, 5.41) is 9.16. The molecule has 2 heteroatoms. The van der Waals surface area contributed by atoms with Crippen LogP contribution in [0.25, 0.3) is 11.6 Å². The van der Waals surface area contributed by atoms with Gasteiger partial charge in [0.15, 0.2) is 0 Å². The van der Waals surface area contributed by atoms with E-state index < -0.39 is 0 Å². The van der Waals surface area contributed by atoms with Crippen LogP contribution in [0.2, 0.25) is 0 Å². The van der Waals surface area contributed by atoms with Gasteiger partial charge in [-0.1, -0.05) is 48.0 Å². The lowest BCUT2D eigenvalue weighted by Gasteiger charge is -2.01. The van der Waals surface area contributed by atoms with Crippen LogP contribution in [0.15, 0.2) is 48.5 Å². The molecule has 2 aromatic carbocycles. The molecule has 0 saturated heterocycles. The van der Waals surface area contributed by atoms with Crippen molar-refractivity contribution in [2.75, 3.05) is 0 Å². The largest absolute Gasteiger partial charge is 0.206 e. The Balaban J connectivity index is 2.44. The Labute approximate surface area is 106 Å². The summed E-state index contributed by atoms with van der Waals surface area (Å²) in [6.45, 7) is 1.98. The van der Waals surface area contributed by atoms with Gasteiger partial charge in [-0.25, -0.2) is 4.39 Å². The molecule has 0 heterocycles. The van der Waals surface area contributed by atoms with Crippen LogP contribution in [-0.2, 0) is 0 Å². The normalized spacial score (nSPS) is 11.1. The quantitative estimate of drug-likeness (QED) is 0.567. The second-order valence-corrected chi connectivity index (χ2v) is 4.06. The standard InChI is InChI=1S/C16H12FN/c1-12-6-8-13(9-7-12)15(11-18)10-14-4-2-3-5-16(14)17/h2-10H,1H3/b15-10-. The Morgan fingerprint density at radius 1 is 1.11 bits per heavy atom. The van der Waals surface area contributed by atoms with Crippen LogP contribution in [0.4, 0.5) is 4.39 Å². The highest BCUT2D eigenvalue weighted by Gasteiger charge is 2.03. The molecule has 0 atom stereocenters. The van der Waals surface area contributed by atoms with Gasteiger partial charge in [-0.2, -0.15) is 5.26 Å². The fraction of sp³-hybridized carbons (Fsp3) is 0.0625. The predicted molar refractivity (Wildman–Crippen MR) is 71.1 cm³/mol. The number of hydrogen-bond acceptors (Lipinski definition) is 1. The van der Waals surface area contributed by atoms with E-state index in [0.29, 0.717) is 11.1 Å². The first-order chi connectivity index (χ1) is 8.70. The summed E-state index contributed by atoms with van der Waals surface area (Å²) in [5.74, 6) is -0.322. The van der Waals surface area contributed by atoms with Crippen LogP contribution in [0.1, 0.15) is 16.7 Å². The van der Waals surface area contributed by atoms with Gasteiger partial charge in [-0.15, -0.1) is 0 Å². The first-order valence-electron chi connectivity index (χ1n) is 5.64. The number of benzene rings is 2. The first-order valence-corrected chi connectivity index (χ1v) is 5.64. The molecule has 0 amide bonds. The molecule has 1 nitrogen and oxygen atoms in total. The fourth-order valence-corrected chi connectivity index (χ4v) is 1.66. The third-order valence-electron chi connectivity index (χ3n) is 2.69. The van der Waals surface area contributed by atoms with Crippen molar-refractivity contribution in [1.82, 2.24) is 0 Å². The smallest absolute Gasteiger partial charge is 0.130 e. The molecule has 0 saturated carbocycles. The van der Waals surface area contributed by atoms with E-state index in [2.05, 4.69) is 6.07 Å². The van der Waals surface area contributed by atoms with Gasteiger partial charge in [0.05, 0.1) is 11.6 Å². The molecule has 0 fully saturated rings. The van der Waals surface area contributed by atoms with Crippen LogP contribution in [0.5, 0.6) is 0 Å². The van der Waals surface area contributed by atoms with E-state index in [1.807, 2.05) is 31.2 Å². The van der Waals surface area contributed by atoms with E-state index >= 15 is 0 Å². The number of hydrogen-bond donors (Lipinski definition) is 0. The van der Waals surface area contributed by atoms with Gasteiger partial charge in [0.1, 0.15) is 5.82 Å². The van der Waals surface area contributed by atoms with E-state index in [1.165, 1.54) is 6.07 Å². The molecule has 0 aliphatic rings. The van der Waals surface area contributed by atoms with Crippen molar-refractivity contribution in [3.05, 3.63) is 71.0 Å². The second-order valence-electron chi connectivity index (χ2n) is 4.06. The van der Waals surface area contributed by atoms with E-state index in [4.69, 9.17) is 5.26 Å². The summed E-state index contributed by atoms with van der Waals surface area (Å²) in [5.41, 5.74) is 2.81. The minimum Gasteiger partial charge on any atom is -0.206 e. The molecule has 0 spiro atoms. The van der Waals surface area contributed by atoms with Crippen LogP contribution in [-0.4, -0.2) is 0 Å². The van der Waals surface area contributed by atoms with Crippen molar-refractivity contribution in [1.29, 1.82) is 5.26 Å². The third kappa shape index (κ3) is 2.64. The highest BCUT2D eigenvalue weighted by molar-refractivity contribution is 5.89. The highest BCUT2D eigenvalue weighted by Crippen LogP contribution is 2.19. The highest BCUT2D eigenvalue weighted by atomic mass is 19.1. The topological polar surface area (TPSA) is 23.8 Å². The number of allylic oxidation sites excluding steroid dienone is 1. The Hall–Kier alpha value is -2.40. The number of nitriles is 1. The average Bonchev–Trinajstić information content (AvgIpc) is 2.39. The first kappa shape index (κ1) is 12.1. The third-order valence-corrected chi connectivity index (χ3v) is 2.69. The number of rotatable bonds is 2. The van der Waals surface area contributed by atoms with Gasteiger partial charge >= 0.3 is 0 Å². The molecular formula is C16H12FN. The number of nitrogens with zero attached hydrogens (tertiary/aromatic N) is 1. The van der Waals surface area contributed by atoms with Crippen LogP contribution in [0, 0.1) is 24.1 Å². The van der Waals surface area contributed by atoms with E-state index in [0.717, 1.165) is 11.1 Å². The summed E-state index contributed by atoms with van der Waals surface area (Å²) < 4.78 is 13.5. The van der Waals surface area contributed by atoms with Crippen molar-refractivity contribution in [2.24, 2.45) is 0 Å². The zero-order valence-corrected chi connectivity index (χ0v) is 10.0. The molecule has 2 aromatic rings. The van der Waals surface area contributed by atoms with Crippen molar-refractivity contribution < 1.29 is 4.39 Å². The van der Waals surface area contributed by atoms with Gasteiger partial charge in [-0.05, 0) is 24.6 Å². The Bertz CT molecular complexity index is 618. The lowest BCUT2D eigenvalue weighted by molar-refractivity contribution is 0.625. The summed E-state index contributed by atoms with van der Waals surface area (Å²) in [7, 11) is 0. The Morgan fingerprint density at radius 2 is 1.78 bits per heavy atom. The monoisotopic (exact) mass is 237 g/mol. The maximum Gasteiger partial charge on any atom is 0.130 e. The lowest BCUT2D eigenvalue weighted by Crippen LogP contribution is -1.85. The van der Waals surface area contributed by atoms with Crippen LogP contribution >= 0.6 is 0 Å². The van der Waals surface area contributed by atoms with E-state index in [-0.39, 0.29) is 5.82 Å². The maximum absolute atomic E-state index is 13.5. The molecule has 0 unspecified atom stereocenters. The van der Waals surface area contributed by atoms with Crippen molar-refractivity contribution in [3.8, 4) is 6.07 Å². The van der Waals surface area contributed by atoms with Gasteiger partial charge in [-0.3, -0.25) is 0 Å². The molecule has 0 aromatic heterocycles. The van der Waals surface area contributed by atoms with Crippen molar-refractivity contribution in [2.45, 2.75) is 6.92 Å². The fourth-order valence-electron chi connectivity index (χ4n) is 1.66. The van der Waals surface area contributed by atoms with Gasteiger partial charge < -0.3 is 0 Å². The predicted octanol–water partition coefficient (Wildman–Crippen LogP) is 4.20.